The van der Waals surface area contributed by atoms with Gasteiger partial charge in [-0.1, -0.05) is 24.3 Å². The molecule has 3 amide bonds. The Kier molecular flexibility index (Phi) is 4.59. The van der Waals surface area contributed by atoms with Gasteiger partial charge in [-0.2, -0.15) is 0 Å². The minimum Gasteiger partial charge on any atom is -0.322 e. The second-order valence-electron chi connectivity index (χ2n) is 7.47. The Morgan fingerprint density at radius 1 is 0.929 bits per heavy atom. The molecule has 0 aromatic heterocycles. The molecule has 1 saturated heterocycles. The van der Waals surface area contributed by atoms with Crippen LogP contribution in [0.5, 0.6) is 0 Å². The summed E-state index contributed by atoms with van der Waals surface area (Å²) in [5, 5.41) is 2.88. The van der Waals surface area contributed by atoms with E-state index in [0.29, 0.717) is 29.8 Å². The molecule has 2 aromatic carbocycles. The van der Waals surface area contributed by atoms with Crippen LogP contribution < -0.4 is 10.2 Å². The lowest BCUT2D eigenvalue weighted by Crippen LogP contribution is -2.31. The first-order valence-electron chi connectivity index (χ1n) is 9.47. The summed E-state index contributed by atoms with van der Waals surface area (Å²) in [6.45, 7) is 4.01. The van der Waals surface area contributed by atoms with Crippen molar-refractivity contribution in [1.29, 1.82) is 0 Å². The van der Waals surface area contributed by atoms with Crippen LogP contribution in [0.1, 0.15) is 34.3 Å². The van der Waals surface area contributed by atoms with E-state index < -0.39 is 0 Å². The molecule has 0 unspecified atom stereocenters. The Labute approximate surface area is 164 Å². The highest BCUT2D eigenvalue weighted by atomic mass is 16.2. The molecule has 2 atom stereocenters. The van der Waals surface area contributed by atoms with Crippen LogP contribution in [0.4, 0.5) is 11.4 Å². The van der Waals surface area contributed by atoms with Gasteiger partial charge in [-0.25, -0.2) is 0 Å². The van der Waals surface area contributed by atoms with E-state index in [-0.39, 0.29) is 29.6 Å². The summed E-state index contributed by atoms with van der Waals surface area (Å²) in [7, 11) is 0. The molecule has 0 saturated carbocycles. The maximum absolute atomic E-state index is 12.8. The summed E-state index contributed by atoms with van der Waals surface area (Å²) in [6, 6.07) is 12.4. The fourth-order valence-corrected chi connectivity index (χ4v) is 3.86. The summed E-state index contributed by atoms with van der Waals surface area (Å²) in [5.41, 5.74) is 3.82. The van der Waals surface area contributed by atoms with Crippen molar-refractivity contribution < 1.29 is 14.4 Å². The number of rotatable bonds is 3. The van der Waals surface area contributed by atoms with E-state index in [9.17, 15) is 14.4 Å². The monoisotopic (exact) mass is 374 g/mol. The highest BCUT2D eigenvalue weighted by molar-refractivity contribution is 6.22. The minimum atomic E-state index is -0.287. The second kappa shape index (κ2) is 7.08. The lowest BCUT2D eigenvalue weighted by atomic mass is 9.85. The number of hydrogen-bond acceptors (Lipinski definition) is 3. The zero-order valence-corrected chi connectivity index (χ0v) is 15.9. The molecular weight excluding hydrogens is 352 g/mol. The zero-order valence-electron chi connectivity index (χ0n) is 15.9. The first kappa shape index (κ1) is 18.2. The number of allylic oxidation sites excluding steroid dienone is 2. The zero-order chi connectivity index (χ0) is 19.8. The summed E-state index contributed by atoms with van der Waals surface area (Å²) in [6.07, 6.45) is 5.12. The van der Waals surface area contributed by atoms with Gasteiger partial charge in [-0.15, -0.1) is 0 Å². The van der Waals surface area contributed by atoms with E-state index >= 15 is 0 Å². The molecule has 4 rings (SSSR count). The van der Waals surface area contributed by atoms with Crippen LogP contribution in [0.15, 0.2) is 54.6 Å². The smallest absolute Gasteiger partial charge is 0.255 e. The third-order valence-corrected chi connectivity index (χ3v) is 5.64. The van der Waals surface area contributed by atoms with Crippen LogP contribution in [-0.2, 0) is 9.59 Å². The minimum absolute atomic E-state index is 0.175. The second-order valence-corrected chi connectivity index (χ2v) is 7.47. The molecule has 1 heterocycles. The van der Waals surface area contributed by atoms with Gasteiger partial charge in [-0.05, 0) is 68.1 Å². The molecular formula is C23H22N2O3. The van der Waals surface area contributed by atoms with Gasteiger partial charge in [0.25, 0.3) is 5.91 Å². The van der Waals surface area contributed by atoms with Crippen LogP contribution in [0.2, 0.25) is 0 Å². The number of carbonyl (C=O) groups excluding carboxylic acids is 3. The van der Waals surface area contributed by atoms with E-state index in [4.69, 9.17) is 0 Å². The van der Waals surface area contributed by atoms with Gasteiger partial charge in [0, 0.05) is 11.3 Å². The Hall–Kier alpha value is -3.21. The van der Waals surface area contributed by atoms with Gasteiger partial charge < -0.3 is 5.32 Å². The molecule has 5 nitrogen and oxygen atoms in total. The van der Waals surface area contributed by atoms with Crippen LogP contribution in [0, 0.1) is 25.7 Å². The molecule has 1 aliphatic heterocycles. The first-order valence-corrected chi connectivity index (χ1v) is 9.47. The number of benzene rings is 2. The number of hydrogen-bond donors (Lipinski definition) is 1. The van der Waals surface area contributed by atoms with Crippen molar-refractivity contribution >= 4 is 29.1 Å². The average Bonchev–Trinajstić information content (AvgIpc) is 2.96. The fourth-order valence-electron chi connectivity index (χ4n) is 3.86. The van der Waals surface area contributed by atoms with Crippen molar-refractivity contribution in [2.75, 3.05) is 10.2 Å². The predicted octanol–water partition coefficient (Wildman–Crippen LogP) is 4.01. The number of imide groups is 1. The standard InChI is InChI=1S/C23H22N2O3/c1-14-10-11-17(12-15(14)2)24-21(26)16-6-5-7-18(13-16)25-22(27)19-8-3-4-9-20(19)23(25)28/h3-7,10-13,19-20H,8-9H2,1-2H3,(H,24,26)/t19-,20-/m0/s1. The van der Waals surface area contributed by atoms with Crippen molar-refractivity contribution in [3.05, 3.63) is 71.3 Å². The first-order chi connectivity index (χ1) is 13.5. The number of nitrogens with zero attached hydrogens (tertiary/aromatic N) is 1. The maximum atomic E-state index is 12.8. The summed E-state index contributed by atoms with van der Waals surface area (Å²) in [4.78, 5) is 39.5. The van der Waals surface area contributed by atoms with Gasteiger partial charge in [0.05, 0.1) is 17.5 Å². The molecule has 2 aromatic rings. The molecule has 28 heavy (non-hydrogen) atoms. The molecule has 1 N–H and O–H groups in total. The molecule has 1 aliphatic carbocycles. The van der Waals surface area contributed by atoms with Crippen molar-refractivity contribution in [2.45, 2.75) is 26.7 Å². The van der Waals surface area contributed by atoms with Gasteiger partial charge >= 0.3 is 0 Å². The average molecular weight is 374 g/mol. The van der Waals surface area contributed by atoms with Crippen LogP contribution in [-0.4, -0.2) is 17.7 Å². The molecule has 2 aliphatic rings. The Morgan fingerprint density at radius 2 is 1.61 bits per heavy atom. The van der Waals surface area contributed by atoms with Crippen molar-refractivity contribution in [3.63, 3.8) is 0 Å². The fraction of sp³-hybridized carbons (Fsp3) is 0.261. The van der Waals surface area contributed by atoms with Gasteiger partial charge in [0.15, 0.2) is 0 Å². The Morgan fingerprint density at radius 3 is 2.25 bits per heavy atom. The highest BCUT2D eigenvalue weighted by Gasteiger charge is 2.47. The summed E-state index contributed by atoms with van der Waals surface area (Å²) >= 11 is 0. The van der Waals surface area contributed by atoms with Crippen LogP contribution in [0.25, 0.3) is 0 Å². The SMILES string of the molecule is Cc1ccc(NC(=O)c2cccc(N3C(=O)[C@H]4CC=CC[C@@H]4C3=O)c2)cc1C. The Bertz CT molecular complexity index is 983. The lowest BCUT2D eigenvalue weighted by molar-refractivity contribution is -0.122. The van der Waals surface area contributed by atoms with E-state index in [0.717, 1.165) is 11.1 Å². The molecule has 1 fully saturated rings. The van der Waals surface area contributed by atoms with E-state index in [1.807, 2.05) is 44.2 Å². The molecule has 0 radical (unpaired) electrons. The Balaban J connectivity index is 1.57. The van der Waals surface area contributed by atoms with Gasteiger partial charge in [-0.3, -0.25) is 19.3 Å². The third-order valence-electron chi connectivity index (χ3n) is 5.64. The van der Waals surface area contributed by atoms with E-state index in [1.165, 1.54) is 4.90 Å². The number of carbonyl (C=O) groups is 3. The molecule has 5 heteroatoms. The van der Waals surface area contributed by atoms with Crippen molar-refractivity contribution in [1.82, 2.24) is 0 Å². The van der Waals surface area contributed by atoms with E-state index in [1.54, 1.807) is 24.3 Å². The topological polar surface area (TPSA) is 66.5 Å². The lowest BCUT2D eigenvalue weighted by Gasteiger charge is -2.16. The molecule has 0 bridgehead atoms. The van der Waals surface area contributed by atoms with Gasteiger partial charge in [0.2, 0.25) is 11.8 Å². The maximum Gasteiger partial charge on any atom is 0.255 e. The number of anilines is 2. The van der Waals surface area contributed by atoms with Crippen LogP contribution in [0.3, 0.4) is 0 Å². The van der Waals surface area contributed by atoms with Gasteiger partial charge in [0.1, 0.15) is 0 Å². The largest absolute Gasteiger partial charge is 0.322 e. The molecule has 142 valence electrons. The van der Waals surface area contributed by atoms with Crippen LogP contribution >= 0.6 is 0 Å². The summed E-state index contributed by atoms with van der Waals surface area (Å²) < 4.78 is 0. The predicted molar refractivity (Wildman–Crippen MR) is 108 cm³/mol. The van der Waals surface area contributed by atoms with Crippen molar-refractivity contribution in [2.24, 2.45) is 11.8 Å². The quantitative estimate of drug-likeness (QED) is 0.652. The van der Waals surface area contributed by atoms with E-state index in [2.05, 4.69) is 5.32 Å². The summed E-state index contributed by atoms with van der Waals surface area (Å²) in [5.74, 6) is -1.20. The highest BCUT2D eigenvalue weighted by Crippen LogP contribution is 2.37. The molecule has 0 spiro atoms. The number of fused-ring (bicyclic) bond motifs is 1. The number of aryl methyl sites for hydroxylation is 2. The normalized spacial score (nSPS) is 21.0. The number of nitrogens with one attached hydrogen (secondary N) is 1. The van der Waals surface area contributed by atoms with Crippen molar-refractivity contribution in [3.8, 4) is 0 Å². The third kappa shape index (κ3) is 3.13. The number of amides is 3.